The summed E-state index contributed by atoms with van der Waals surface area (Å²) >= 11 is 5.90. The quantitative estimate of drug-likeness (QED) is 0.833. The van der Waals surface area contributed by atoms with Crippen molar-refractivity contribution >= 4 is 17.4 Å². The molecule has 0 bridgehead atoms. The highest BCUT2D eigenvalue weighted by Crippen LogP contribution is 2.18. The molecule has 0 amide bonds. The normalized spacial score (nSPS) is 10.3. The summed E-state index contributed by atoms with van der Waals surface area (Å²) in [6.45, 7) is 2.46. The first kappa shape index (κ1) is 12.6. The summed E-state index contributed by atoms with van der Waals surface area (Å²) in [5.74, 6) is 1.62. The van der Waals surface area contributed by atoms with Crippen molar-refractivity contribution in [1.29, 1.82) is 0 Å². The average Bonchev–Trinajstić information content (AvgIpc) is 2.37. The fourth-order valence-corrected chi connectivity index (χ4v) is 1.76. The smallest absolute Gasteiger partial charge is 0.134 e. The molecule has 0 atom stereocenters. The lowest BCUT2D eigenvalue weighted by Gasteiger charge is -2.08. The molecule has 1 aromatic heterocycles. The van der Waals surface area contributed by atoms with Crippen molar-refractivity contribution in [2.24, 2.45) is 0 Å². The molecule has 0 aliphatic rings. The predicted molar refractivity (Wildman–Crippen MR) is 71.9 cm³/mol. The molecule has 94 valence electrons. The molecule has 0 aliphatic heterocycles. The van der Waals surface area contributed by atoms with Gasteiger partial charge in [0, 0.05) is 24.6 Å². The van der Waals surface area contributed by atoms with E-state index in [2.05, 4.69) is 15.3 Å². The fourth-order valence-electron chi connectivity index (χ4n) is 1.56. The van der Waals surface area contributed by atoms with Crippen molar-refractivity contribution in [1.82, 2.24) is 9.97 Å². The number of nitrogens with zero attached hydrogens (tertiary/aromatic N) is 2. The minimum absolute atomic E-state index is 0.265. The molecule has 0 fully saturated rings. The van der Waals surface area contributed by atoms with Gasteiger partial charge in [-0.2, -0.15) is 0 Å². The van der Waals surface area contributed by atoms with Crippen LogP contribution in [0.1, 0.15) is 18.3 Å². The van der Waals surface area contributed by atoms with Crippen LogP contribution < -0.4 is 5.32 Å². The van der Waals surface area contributed by atoms with E-state index >= 15 is 0 Å². The van der Waals surface area contributed by atoms with Crippen molar-refractivity contribution < 1.29 is 5.11 Å². The molecular weight excluding hydrogens is 250 g/mol. The van der Waals surface area contributed by atoms with E-state index in [1.807, 2.05) is 19.1 Å². The number of aromatic hydroxyl groups is 1. The van der Waals surface area contributed by atoms with Crippen LogP contribution in [0.3, 0.4) is 0 Å². The number of nitrogens with one attached hydrogen (secondary N) is 1. The average molecular weight is 264 g/mol. The summed E-state index contributed by atoms with van der Waals surface area (Å²) in [4.78, 5) is 8.40. The number of aryl methyl sites for hydroxylation is 1. The van der Waals surface area contributed by atoms with E-state index in [4.69, 9.17) is 11.6 Å². The molecule has 0 radical (unpaired) electrons. The summed E-state index contributed by atoms with van der Waals surface area (Å²) in [6, 6.07) is 8.84. The van der Waals surface area contributed by atoms with Crippen LogP contribution in [0.2, 0.25) is 5.15 Å². The number of hydrogen-bond acceptors (Lipinski definition) is 4. The lowest BCUT2D eigenvalue weighted by atomic mass is 10.2. The third-order valence-corrected chi connectivity index (χ3v) is 2.70. The van der Waals surface area contributed by atoms with Gasteiger partial charge < -0.3 is 10.4 Å². The maximum Gasteiger partial charge on any atom is 0.134 e. The third-order valence-electron chi connectivity index (χ3n) is 2.51. The second-order valence-electron chi connectivity index (χ2n) is 3.83. The lowest BCUT2D eigenvalue weighted by molar-refractivity contribution is 0.469. The largest absolute Gasteiger partial charge is 0.508 e. The van der Waals surface area contributed by atoms with Crippen LogP contribution in [0.25, 0.3) is 0 Å². The summed E-state index contributed by atoms with van der Waals surface area (Å²) in [5, 5.41) is 13.2. The number of hydrogen-bond donors (Lipinski definition) is 2. The van der Waals surface area contributed by atoms with Crippen LogP contribution in [0.15, 0.2) is 30.3 Å². The molecule has 4 nitrogen and oxygen atoms in total. The first-order valence-electron chi connectivity index (χ1n) is 5.73. The second kappa shape index (κ2) is 5.69. The minimum Gasteiger partial charge on any atom is -0.508 e. The fraction of sp³-hybridized carbons (Fsp3) is 0.231. The van der Waals surface area contributed by atoms with E-state index in [1.54, 1.807) is 18.2 Å². The Morgan fingerprint density at radius 1 is 1.28 bits per heavy atom. The van der Waals surface area contributed by atoms with Gasteiger partial charge in [-0.15, -0.1) is 0 Å². The molecule has 0 aliphatic carbocycles. The van der Waals surface area contributed by atoms with E-state index in [0.29, 0.717) is 23.3 Å². The Kier molecular flexibility index (Phi) is 3.99. The van der Waals surface area contributed by atoms with Gasteiger partial charge in [0.25, 0.3) is 0 Å². The Balaban J connectivity index is 2.11. The second-order valence-corrected chi connectivity index (χ2v) is 4.22. The van der Waals surface area contributed by atoms with E-state index in [1.165, 1.54) is 0 Å². The monoisotopic (exact) mass is 263 g/mol. The van der Waals surface area contributed by atoms with Gasteiger partial charge in [0.15, 0.2) is 0 Å². The molecule has 2 rings (SSSR count). The van der Waals surface area contributed by atoms with Gasteiger partial charge in [-0.25, -0.2) is 9.97 Å². The molecule has 1 heterocycles. The Morgan fingerprint density at radius 3 is 2.78 bits per heavy atom. The maximum atomic E-state index is 9.65. The molecule has 0 spiro atoms. The highest BCUT2D eigenvalue weighted by Gasteiger charge is 2.03. The van der Waals surface area contributed by atoms with Crippen molar-refractivity contribution in [3.63, 3.8) is 0 Å². The van der Waals surface area contributed by atoms with Gasteiger partial charge in [0.2, 0.25) is 0 Å². The van der Waals surface area contributed by atoms with Crippen molar-refractivity contribution in [2.45, 2.75) is 19.9 Å². The number of benzene rings is 1. The van der Waals surface area contributed by atoms with Crippen LogP contribution in [-0.2, 0) is 13.0 Å². The van der Waals surface area contributed by atoms with Crippen LogP contribution in [0.5, 0.6) is 5.75 Å². The minimum atomic E-state index is 0.265. The lowest BCUT2D eigenvalue weighted by Crippen LogP contribution is -2.04. The number of rotatable bonds is 4. The first-order chi connectivity index (χ1) is 8.69. The van der Waals surface area contributed by atoms with Crippen LogP contribution in [0, 0.1) is 0 Å². The molecule has 0 saturated carbocycles. The number of anilines is 1. The number of phenolic OH excluding ortho intramolecular Hbond substituents is 1. The van der Waals surface area contributed by atoms with Crippen molar-refractivity contribution in [3.8, 4) is 5.75 Å². The van der Waals surface area contributed by atoms with Gasteiger partial charge in [0.05, 0.1) is 0 Å². The zero-order valence-corrected chi connectivity index (χ0v) is 10.8. The maximum absolute atomic E-state index is 9.65. The number of halogens is 1. The van der Waals surface area contributed by atoms with Gasteiger partial charge in [-0.1, -0.05) is 36.7 Å². The molecule has 0 unspecified atom stereocenters. The Morgan fingerprint density at radius 2 is 2.06 bits per heavy atom. The number of phenols is 1. The highest BCUT2D eigenvalue weighted by molar-refractivity contribution is 6.29. The topological polar surface area (TPSA) is 58.0 Å². The SMILES string of the molecule is CCc1nc(Cl)cc(NCc2ccccc2O)n1. The first-order valence-corrected chi connectivity index (χ1v) is 6.11. The molecular formula is C13H14ClN3O. The third kappa shape index (κ3) is 3.11. The summed E-state index contributed by atoms with van der Waals surface area (Å²) in [7, 11) is 0. The van der Waals surface area contributed by atoms with Crippen molar-refractivity contribution in [2.75, 3.05) is 5.32 Å². The number of para-hydroxylation sites is 1. The van der Waals surface area contributed by atoms with E-state index in [0.717, 1.165) is 12.0 Å². The Labute approximate surface area is 111 Å². The van der Waals surface area contributed by atoms with Crippen LogP contribution in [-0.4, -0.2) is 15.1 Å². The van der Waals surface area contributed by atoms with Gasteiger partial charge in [0.1, 0.15) is 22.5 Å². The Hall–Kier alpha value is -1.81. The predicted octanol–water partition coefficient (Wildman–Crippen LogP) is 3.01. The Bertz CT molecular complexity index is 546. The van der Waals surface area contributed by atoms with Crippen LogP contribution in [0.4, 0.5) is 5.82 Å². The van der Waals surface area contributed by atoms with Gasteiger partial charge in [-0.05, 0) is 6.07 Å². The molecule has 2 N–H and O–H groups in total. The molecule has 0 saturated heterocycles. The standard InChI is InChI=1S/C13H14ClN3O/c1-2-12-16-11(14)7-13(17-12)15-8-9-5-3-4-6-10(9)18/h3-7,18H,2,8H2,1H3,(H,15,16,17). The molecule has 2 aromatic rings. The van der Waals surface area contributed by atoms with Gasteiger partial charge >= 0.3 is 0 Å². The van der Waals surface area contributed by atoms with Gasteiger partial charge in [-0.3, -0.25) is 0 Å². The molecule has 18 heavy (non-hydrogen) atoms. The highest BCUT2D eigenvalue weighted by atomic mass is 35.5. The zero-order chi connectivity index (χ0) is 13.0. The van der Waals surface area contributed by atoms with Crippen LogP contribution >= 0.6 is 11.6 Å². The summed E-state index contributed by atoms with van der Waals surface area (Å²) < 4.78 is 0. The van der Waals surface area contributed by atoms with Crippen molar-refractivity contribution in [3.05, 3.63) is 46.9 Å². The molecule has 1 aromatic carbocycles. The van der Waals surface area contributed by atoms with E-state index < -0.39 is 0 Å². The van der Waals surface area contributed by atoms with E-state index in [9.17, 15) is 5.11 Å². The summed E-state index contributed by atoms with van der Waals surface area (Å²) in [6.07, 6.45) is 0.728. The number of aromatic nitrogens is 2. The molecule has 5 heteroatoms. The van der Waals surface area contributed by atoms with E-state index in [-0.39, 0.29) is 5.75 Å². The zero-order valence-electron chi connectivity index (χ0n) is 10.0. The summed E-state index contributed by atoms with van der Waals surface area (Å²) in [5.41, 5.74) is 0.810.